The van der Waals surface area contributed by atoms with Gasteiger partial charge in [-0.05, 0) is 41.1 Å². The summed E-state index contributed by atoms with van der Waals surface area (Å²) < 4.78 is 6.27. The molecule has 1 amide bonds. The molecule has 1 aliphatic heterocycles. The fourth-order valence-corrected chi connectivity index (χ4v) is 2.49. The van der Waals surface area contributed by atoms with Gasteiger partial charge in [-0.2, -0.15) is 0 Å². The summed E-state index contributed by atoms with van der Waals surface area (Å²) in [6.07, 6.45) is -0.103. The van der Waals surface area contributed by atoms with E-state index >= 15 is 0 Å². The monoisotopic (exact) mass is 346 g/mol. The van der Waals surface area contributed by atoms with E-state index in [1.807, 2.05) is 6.92 Å². The van der Waals surface area contributed by atoms with Crippen LogP contribution in [0.4, 0.5) is 0 Å². The van der Waals surface area contributed by atoms with E-state index in [-0.39, 0.29) is 18.1 Å². The molecule has 0 bridgehead atoms. The molecule has 1 aromatic rings. The van der Waals surface area contributed by atoms with Crippen molar-refractivity contribution in [3.05, 3.63) is 33.3 Å². The van der Waals surface area contributed by atoms with Crippen LogP contribution in [0.5, 0.6) is 0 Å². The van der Waals surface area contributed by atoms with Crippen molar-refractivity contribution in [3.63, 3.8) is 0 Å². The molecule has 0 radical (unpaired) electrons. The van der Waals surface area contributed by atoms with Crippen molar-refractivity contribution >= 4 is 33.4 Å². The minimum absolute atomic E-state index is 0.0219. The third-order valence-corrected chi connectivity index (χ3v) is 4.35. The van der Waals surface area contributed by atoms with E-state index in [0.29, 0.717) is 30.3 Å². The molecule has 0 spiro atoms. The molecule has 19 heavy (non-hydrogen) atoms. The molecule has 0 saturated carbocycles. The summed E-state index contributed by atoms with van der Waals surface area (Å²) in [5.74, 6) is -0.0219. The van der Waals surface area contributed by atoms with E-state index in [9.17, 15) is 4.79 Å². The molecule has 2 N–H and O–H groups in total. The predicted molar refractivity (Wildman–Crippen MR) is 78.4 cm³/mol. The first kappa shape index (κ1) is 14.8. The molecule has 2 rings (SSSR count). The Morgan fingerprint density at radius 3 is 3.00 bits per heavy atom. The van der Waals surface area contributed by atoms with Gasteiger partial charge in [0.1, 0.15) is 0 Å². The lowest BCUT2D eigenvalue weighted by Crippen LogP contribution is -2.51. The Hall–Kier alpha value is -0.620. The first-order chi connectivity index (χ1) is 8.99. The second kappa shape index (κ2) is 6.22. The zero-order valence-corrected chi connectivity index (χ0v) is 12.9. The summed E-state index contributed by atoms with van der Waals surface area (Å²) in [5.41, 5.74) is 6.44. The second-order valence-electron chi connectivity index (χ2n) is 4.65. The lowest BCUT2D eigenvalue weighted by molar-refractivity contribution is -0.0300. The number of carbonyl (C=O) groups excluding carboxylic acids is 1. The van der Waals surface area contributed by atoms with E-state index in [4.69, 9.17) is 22.1 Å². The number of hydrogen-bond acceptors (Lipinski definition) is 3. The average Bonchev–Trinajstić information content (AvgIpc) is 2.41. The highest BCUT2D eigenvalue weighted by Gasteiger charge is 2.27. The molecule has 104 valence electrons. The zero-order valence-electron chi connectivity index (χ0n) is 10.6. The van der Waals surface area contributed by atoms with Crippen LogP contribution >= 0.6 is 27.5 Å². The van der Waals surface area contributed by atoms with Crippen LogP contribution in [0.3, 0.4) is 0 Å². The third-order valence-electron chi connectivity index (χ3n) is 3.13. The first-order valence-corrected chi connectivity index (χ1v) is 7.27. The third kappa shape index (κ3) is 3.48. The Morgan fingerprint density at radius 1 is 1.63 bits per heavy atom. The summed E-state index contributed by atoms with van der Waals surface area (Å²) in [7, 11) is 0. The number of halogens is 2. The number of nitrogens with two attached hydrogens (primary N) is 1. The van der Waals surface area contributed by atoms with Crippen LogP contribution < -0.4 is 5.73 Å². The van der Waals surface area contributed by atoms with Gasteiger partial charge in [-0.15, -0.1) is 0 Å². The molecule has 1 aromatic carbocycles. The van der Waals surface area contributed by atoms with Gasteiger partial charge in [-0.1, -0.05) is 11.6 Å². The standard InChI is InChI=1S/C13H16BrClN2O2/c1-8(16)12-7-17(4-5-19-12)13(18)9-2-3-11(15)10(14)6-9/h2-3,6,8,12H,4-5,7,16H2,1H3. The second-order valence-corrected chi connectivity index (χ2v) is 5.91. The molecular weight excluding hydrogens is 332 g/mol. The largest absolute Gasteiger partial charge is 0.373 e. The zero-order chi connectivity index (χ0) is 14.0. The van der Waals surface area contributed by atoms with Crippen LogP contribution in [0.25, 0.3) is 0 Å². The van der Waals surface area contributed by atoms with Crippen LogP contribution in [0.15, 0.2) is 22.7 Å². The molecule has 2 atom stereocenters. The summed E-state index contributed by atoms with van der Waals surface area (Å²) >= 11 is 9.25. The van der Waals surface area contributed by atoms with Gasteiger partial charge in [0.05, 0.1) is 17.7 Å². The number of amides is 1. The average molecular weight is 348 g/mol. The van der Waals surface area contributed by atoms with Crippen LogP contribution in [0.1, 0.15) is 17.3 Å². The summed E-state index contributed by atoms with van der Waals surface area (Å²) in [6.45, 7) is 3.52. The van der Waals surface area contributed by atoms with Crippen LogP contribution in [-0.2, 0) is 4.74 Å². The number of carbonyl (C=O) groups is 1. The molecule has 1 aliphatic rings. The van der Waals surface area contributed by atoms with Crippen molar-refractivity contribution in [1.29, 1.82) is 0 Å². The fourth-order valence-electron chi connectivity index (χ4n) is 1.99. The predicted octanol–water partition coefficient (Wildman–Crippen LogP) is 2.29. The maximum atomic E-state index is 12.4. The van der Waals surface area contributed by atoms with Gasteiger partial charge in [0.2, 0.25) is 0 Å². The Balaban J connectivity index is 2.12. The minimum Gasteiger partial charge on any atom is -0.373 e. The molecule has 6 heteroatoms. The van der Waals surface area contributed by atoms with Crippen molar-refractivity contribution in [1.82, 2.24) is 4.90 Å². The number of hydrogen-bond donors (Lipinski definition) is 1. The Bertz CT molecular complexity index is 482. The van der Waals surface area contributed by atoms with E-state index in [2.05, 4.69) is 15.9 Å². The lowest BCUT2D eigenvalue weighted by Gasteiger charge is -2.34. The van der Waals surface area contributed by atoms with Gasteiger partial charge < -0.3 is 15.4 Å². The van der Waals surface area contributed by atoms with Gasteiger partial charge in [0, 0.05) is 29.2 Å². The molecule has 1 fully saturated rings. The van der Waals surface area contributed by atoms with Crippen molar-refractivity contribution in [3.8, 4) is 0 Å². The lowest BCUT2D eigenvalue weighted by atomic mass is 10.1. The highest BCUT2D eigenvalue weighted by molar-refractivity contribution is 9.10. The smallest absolute Gasteiger partial charge is 0.254 e. The van der Waals surface area contributed by atoms with Gasteiger partial charge >= 0.3 is 0 Å². The number of morpholine rings is 1. The van der Waals surface area contributed by atoms with E-state index in [0.717, 1.165) is 4.47 Å². The van der Waals surface area contributed by atoms with E-state index < -0.39 is 0 Å². The highest BCUT2D eigenvalue weighted by Crippen LogP contribution is 2.24. The molecule has 0 aromatic heterocycles. The van der Waals surface area contributed by atoms with Crippen molar-refractivity contribution < 1.29 is 9.53 Å². The molecule has 1 heterocycles. The molecule has 0 aliphatic carbocycles. The van der Waals surface area contributed by atoms with Gasteiger partial charge in [0.25, 0.3) is 5.91 Å². The van der Waals surface area contributed by atoms with Crippen molar-refractivity contribution in [2.45, 2.75) is 19.1 Å². The molecule has 4 nitrogen and oxygen atoms in total. The SMILES string of the molecule is CC(N)C1CN(C(=O)c2ccc(Cl)c(Br)c2)CCO1. The van der Waals surface area contributed by atoms with Crippen LogP contribution in [-0.4, -0.2) is 42.6 Å². The highest BCUT2D eigenvalue weighted by atomic mass is 79.9. The minimum atomic E-state index is -0.103. The maximum Gasteiger partial charge on any atom is 0.254 e. The number of nitrogens with zero attached hydrogens (tertiary/aromatic N) is 1. The van der Waals surface area contributed by atoms with Crippen molar-refractivity contribution in [2.75, 3.05) is 19.7 Å². The maximum absolute atomic E-state index is 12.4. The molecule has 2 unspecified atom stereocenters. The van der Waals surface area contributed by atoms with Gasteiger partial charge in [-0.3, -0.25) is 4.79 Å². The summed E-state index contributed by atoms with van der Waals surface area (Å²) in [4.78, 5) is 14.2. The van der Waals surface area contributed by atoms with E-state index in [1.54, 1.807) is 23.1 Å². The quantitative estimate of drug-likeness (QED) is 0.893. The van der Waals surface area contributed by atoms with Crippen LogP contribution in [0.2, 0.25) is 5.02 Å². The summed E-state index contributed by atoms with van der Waals surface area (Å²) in [5, 5.41) is 0.590. The number of ether oxygens (including phenoxy) is 1. The molecule has 1 saturated heterocycles. The van der Waals surface area contributed by atoms with Gasteiger partial charge in [0.15, 0.2) is 0 Å². The normalized spacial score (nSPS) is 21.3. The van der Waals surface area contributed by atoms with Crippen molar-refractivity contribution in [2.24, 2.45) is 5.73 Å². The number of rotatable bonds is 2. The Kier molecular flexibility index (Phi) is 4.84. The van der Waals surface area contributed by atoms with E-state index in [1.165, 1.54) is 0 Å². The Morgan fingerprint density at radius 2 is 2.37 bits per heavy atom. The number of benzene rings is 1. The van der Waals surface area contributed by atoms with Gasteiger partial charge in [-0.25, -0.2) is 0 Å². The first-order valence-electron chi connectivity index (χ1n) is 6.10. The summed E-state index contributed by atoms with van der Waals surface area (Å²) in [6, 6.07) is 5.09. The van der Waals surface area contributed by atoms with Crippen LogP contribution in [0, 0.1) is 0 Å². The topological polar surface area (TPSA) is 55.6 Å². The fraction of sp³-hybridized carbons (Fsp3) is 0.462. The molecular formula is C13H16BrClN2O2. The Labute approximate surface area is 126 Å².